The molecular formula is C35H31N2+. The van der Waals surface area contributed by atoms with Crippen LogP contribution in [-0.4, -0.2) is 6.54 Å². The molecule has 0 amide bonds. The van der Waals surface area contributed by atoms with Crippen molar-refractivity contribution in [1.82, 2.24) is 0 Å². The van der Waals surface area contributed by atoms with Gasteiger partial charge in [-0.05, 0) is 47.4 Å². The van der Waals surface area contributed by atoms with E-state index in [0.29, 0.717) is 0 Å². The topological polar surface area (TPSA) is 7.12 Å². The molecule has 6 rings (SSSR count). The second-order valence-corrected chi connectivity index (χ2v) is 9.55. The lowest BCUT2D eigenvalue weighted by Gasteiger charge is -2.30. The molecule has 2 heterocycles. The van der Waals surface area contributed by atoms with Crippen molar-refractivity contribution in [3.05, 3.63) is 155 Å². The molecule has 0 fully saturated rings. The van der Waals surface area contributed by atoms with E-state index in [0.717, 1.165) is 25.9 Å². The summed E-state index contributed by atoms with van der Waals surface area (Å²) in [6.07, 6.45) is 8.85. The highest BCUT2D eigenvalue weighted by molar-refractivity contribution is 5.80. The van der Waals surface area contributed by atoms with E-state index < -0.39 is 0 Å². The lowest BCUT2D eigenvalue weighted by Crippen LogP contribution is -2.39. The molecule has 0 radical (unpaired) electrons. The van der Waals surface area contributed by atoms with Crippen LogP contribution >= 0.6 is 0 Å². The van der Waals surface area contributed by atoms with Crippen molar-refractivity contribution >= 4 is 28.7 Å². The van der Waals surface area contributed by atoms with E-state index in [4.69, 9.17) is 0 Å². The number of allylic oxidation sites excluding steroid dienone is 1. The van der Waals surface area contributed by atoms with Crippen LogP contribution in [0.5, 0.6) is 0 Å². The van der Waals surface area contributed by atoms with Crippen LogP contribution in [0.25, 0.3) is 23.1 Å². The van der Waals surface area contributed by atoms with Gasteiger partial charge in [-0.2, -0.15) is 4.57 Å². The fraction of sp³-hybridized carbons (Fsp3) is 0.114. The molecule has 37 heavy (non-hydrogen) atoms. The van der Waals surface area contributed by atoms with E-state index in [2.05, 4.69) is 149 Å². The molecule has 0 N–H and O–H groups in total. The van der Waals surface area contributed by atoms with Gasteiger partial charge < -0.3 is 4.90 Å². The molecule has 1 aliphatic rings. The lowest BCUT2D eigenvalue weighted by atomic mass is 10.0. The van der Waals surface area contributed by atoms with Gasteiger partial charge in [-0.3, -0.25) is 0 Å². The summed E-state index contributed by atoms with van der Waals surface area (Å²) in [4.78, 5) is 2.47. The van der Waals surface area contributed by atoms with Crippen LogP contribution in [0.2, 0.25) is 0 Å². The number of rotatable bonds is 7. The van der Waals surface area contributed by atoms with Gasteiger partial charge in [0.2, 0.25) is 11.2 Å². The van der Waals surface area contributed by atoms with Crippen LogP contribution in [0.1, 0.15) is 22.4 Å². The van der Waals surface area contributed by atoms with Crippen LogP contribution in [0, 0.1) is 0 Å². The van der Waals surface area contributed by atoms with Crippen molar-refractivity contribution in [2.45, 2.75) is 19.4 Å². The van der Waals surface area contributed by atoms with Crippen molar-refractivity contribution in [2.24, 2.45) is 0 Å². The van der Waals surface area contributed by atoms with E-state index in [1.54, 1.807) is 0 Å². The maximum atomic E-state index is 2.47. The molecule has 0 aliphatic carbocycles. The zero-order chi connectivity index (χ0) is 24.9. The molecule has 4 aromatic carbocycles. The number of anilines is 1. The van der Waals surface area contributed by atoms with E-state index in [1.807, 2.05) is 0 Å². The monoisotopic (exact) mass is 479 g/mol. The minimum Gasteiger partial charge on any atom is -0.340 e. The standard InChI is InChI=1S/C35H31N2/c1-3-11-28(12-4-1)23-25-36-32(21-19-30-15-7-9-17-34(30)36)27-33-22-20-31-16-8-10-18-35(31)37(33)26-24-29-13-5-2-6-14-29/h1-22,27H,23-26H2/q+1. The highest BCUT2D eigenvalue weighted by Crippen LogP contribution is 2.32. The summed E-state index contributed by atoms with van der Waals surface area (Å²) in [6.45, 7) is 1.85. The molecule has 5 aromatic rings. The largest absolute Gasteiger partial charge is 0.340 e. The van der Waals surface area contributed by atoms with Crippen LogP contribution < -0.4 is 9.47 Å². The number of pyridine rings is 1. The minimum absolute atomic E-state index is 0.925. The Labute approximate surface area is 219 Å². The van der Waals surface area contributed by atoms with Gasteiger partial charge in [0, 0.05) is 47.9 Å². The average molecular weight is 480 g/mol. The molecule has 0 bridgehead atoms. The molecule has 0 unspecified atom stereocenters. The third kappa shape index (κ3) is 5.10. The van der Waals surface area contributed by atoms with Crippen molar-refractivity contribution in [2.75, 3.05) is 11.4 Å². The number of nitrogens with zero attached hydrogens (tertiary/aromatic N) is 2. The summed E-state index contributed by atoms with van der Waals surface area (Å²) in [6, 6.07) is 43.5. The Balaban J connectivity index is 1.39. The second kappa shape index (κ2) is 10.7. The number of aromatic nitrogens is 1. The van der Waals surface area contributed by atoms with Crippen LogP contribution in [-0.2, 0) is 19.4 Å². The molecule has 1 aromatic heterocycles. The first kappa shape index (κ1) is 23.0. The Kier molecular flexibility index (Phi) is 6.64. The zero-order valence-corrected chi connectivity index (χ0v) is 21.0. The Bertz CT molecular complexity index is 1570. The number of aryl methyl sites for hydroxylation is 2. The quantitative estimate of drug-likeness (QED) is 0.219. The number of para-hydroxylation sites is 2. The summed E-state index contributed by atoms with van der Waals surface area (Å²) in [7, 11) is 0. The minimum atomic E-state index is 0.925. The second-order valence-electron chi connectivity index (χ2n) is 9.55. The maximum Gasteiger partial charge on any atom is 0.212 e. The molecule has 0 atom stereocenters. The van der Waals surface area contributed by atoms with Crippen LogP contribution in [0.4, 0.5) is 5.69 Å². The highest BCUT2D eigenvalue weighted by atomic mass is 15.1. The van der Waals surface area contributed by atoms with E-state index in [9.17, 15) is 0 Å². The zero-order valence-electron chi connectivity index (χ0n) is 21.0. The fourth-order valence-corrected chi connectivity index (χ4v) is 5.23. The lowest BCUT2D eigenvalue weighted by molar-refractivity contribution is -0.672. The predicted molar refractivity (Wildman–Crippen MR) is 155 cm³/mol. The smallest absolute Gasteiger partial charge is 0.212 e. The molecule has 0 spiro atoms. The van der Waals surface area contributed by atoms with Gasteiger partial charge in [-0.1, -0.05) is 97.1 Å². The van der Waals surface area contributed by atoms with Gasteiger partial charge in [0.1, 0.15) is 0 Å². The molecular weight excluding hydrogens is 448 g/mol. The summed E-state index contributed by atoms with van der Waals surface area (Å²) in [5, 5.41) is 1.27. The Morgan fingerprint density at radius 3 is 2.08 bits per heavy atom. The normalized spacial score (nSPS) is 13.7. The first-order valence-corrected chi connectivity index (χ1v) is 13.1. The third-order valence-electron chi connectivity index (χ3n) is 7.18. The third-order valence-corrected chi connectivity index (χ3v) is 7.18. The summed E-state index contributed by atoms with van der Waals surface area (Å²) >= 11 is 0. The van der Waals surface area contributed by atoms with Crippen molar-refractivity contribution in [3.8, 4) is 0 Å². The number of hydrogen-bond acceptors (Lipinski definition) is 1. The highest BCUT2D eigenvalue weighted by Gasteiger charge is 2.20. The Morgan fingerprint density at radius 1 is 0.595 bits per heavy atom. The molecule has 0 saturated heterocycles. The summed E-state index contributed by atoms with van der Waals surface area (Å²) in [5.74, 6) is 0. The SMILES string of the molecule is C1=Cc2ccccc2N(CCc2ccccc2)C1=Cc1ccc2ccccc2[n+]1CCc1ccccc1. The molecule has 0 saturated carbocycles. The van der Waals surface area contributed by atoms with E-state index >= 15 is 0 Å². The molecule has 2 nitrogen and oxygen atoms in total. The molecule has 1 aliphatic heterocycles. The first-order valence-electron chi connectivity index (χ1n) is 13.1. The van der Waals surface area contributed by atoms with Crippen LogP contribution in [0.15, 0.2) is 133 Å². The van der Waals surface area contributed by atoms with E-state index in [1.165, 1.54) is 44.7 Å². The number of fused-ring (bicyclic) bond motifs is 2. The Morgan fingerprint density at radius 2 is 1.27 bits per heavy atom. The number of benzene rings is 4. The average Bonchev–Trinajstić information content (AvgIpc) is 2.97. The van der Waals surface area contributed by atoms with Crippen molar-refractivity contribution in [1.29, 1.82) is 0 Å². The summed E-state index contributed by atoms with van der Waals surface area (Å²) in [5.41, 5.74) is 8.96. The van der Waals surface area contributed by atoms with Crippen LogP contribution in [0.3, 0.4) is 0 Å². The number of hydrogen-bond donors (Lipinski definition) is 0. The predicted octanol–water partition coefficient (Wildman–Crippen LogP) is 7.49. The first-order chi connectivity index (χ1) is 18.3. The Hall–Kier alpha value is -4.43. The van der Waals surface area contributed by atoms with Crippen molar-refractivity contribution in [3.63, 3.8) is 0 Å². The summed E-state index contributed by atoms with van der Waals surface area (Å²) < 4.78 is 2.47. The van der Waals surface area contributed by atoms with Gasteiger partial charge in [0.15, 0.2) is 6.54 Å². The van der Waals surface area contributed by atoms with Gasteiger partial charge in [0.05, 0.1) is 0 Å². The van der Waals surface area contributed by atoms with Gasteiger partial charge in [0.25, 0.3) is 0 Å². The fourth-order valence-electron chi connectivity index (χ4n) is 5.23. The van der Waals surface area contributed by atoms with Gasteiger partial charge in [-0.25, -0.2) is 0 Å². The van der Waals surface area contributed by atoms with Gasteiger partial charge in [-0.15, -0.1) is 0 Å². The van der Waals surface area contributed by atoms with Crippen molar-refractivity contribution < 1.29 is 4.57 Å². The molecule has 2 heteroatoms. The maximum absolute atomic E-state index is 2.47. The van der Waals surface area contributed by atoms with E-state index in [-0.39, 0.29) is 0 Å². The van der Waals surface area contributed by atoms with Gasteiger partial charge >= 0.3 is 0 Å². The molecule has 180 valence electrons.